The van der Waals surface area contributed by atoms with E-state index in [1.165, 1.54) is 36.2 Å². The number of fused-ring (bicyclic) bond motifs is 1. The van der Waals surface area contributed by atoms with E-state index < -0.39 is 10.7 Å². The number of nitrogens with zero attached hydrogens (tertiary/aromatic N) is 5. The van der Waals surface area contributed by atoms with Gasteiger partial charge in [-0.3, -0.25) is 19.7 Å². The summed E-state index contributed by atoms with van der Waals surface area (Å²) in [4.78, 5) is 15.7. The van der Waals surface area contributed by atoms with E-state index in [2.05, 4.69) is 21.8 Å². The molecule has 4 rings (SSSR count). The van der Waals surface area contributed by atoms with Crippen molar-refractivity contribution in [3.05, 3.63) is 89.3 Å². The van der Waals surface area contributed by atoms with E-state index in [1.807, 2.05) is 0 Å². The van der Waals surface area contributed by atoms with Gasteiger partial charge in [-0.15, -0.1) is 16.8 Å². The molecule has 4 aromatic rings. The van der Waals surface area contributed by atoms with E-state index in [0.29, 0.717) is 28.3 Å². The molecule has 0 amide bonds. The number of para-hydroxylation sites is 1. The number of nitro benzene ring substituents is 1. The number of nitro groups is 1. The van der Waals surface area contributed by atoms with Crippen LogP contribution in [0.4, 0.5) is 10.1 Å². The molecule has 2 aromatic heterocycles. The maximum Gasteiger partial charge on any atom is 0.278 e. The Hall–Kier alpha value is -3.79. The quantitative estimate of drug-likeness (QED) is 0.222. The van der Waals surface area contributed by atoms with Crippen molar-refractivity contribution in [2.75, 3.05) is 0 Å². The minimum Gasteiger partial charge on any atom is -0.483 e. The zero-order chi connectivity index (χ0) is 21.8. The molecule has 0 spiro atoms. The van der Waals surface area contributed by atoms with Gasteiger partial charge in [0.15, 0.2) is 22.5 Å². The fourth-order valence-corrected chi connectivity index (χ4v) is 4.00. The number of hydrogen-bond donors (Lipinski definition) is 0. The van der Waals surface area contributed by atoms with Gasteiger partial charge in [-0.1, -0.05) is 18.2 Å². The summed E-state index contributed by atoms with van der Waals surface area (Å²) in [6.45, 7) is 4.20. The maximum absolute atomic E-state index is 13.8. The van der Waals surface area contributed by atoms with Crippen LogP contribution in [0.25, 0.3) is 10.8 Å². The van der Waals surface area contributed by atoms with Crippen molar-refractivity contribution < 1.29 is 14.1 Å². The van der Waals surface area contributed by atoms with Crippen molar-refractivity contribution in [1.29, 1.82) is 0 Å². The molecule has 0 saturated heterocycles. The van der Waals surface area contributed by atoms with Gasteiger partial charge in [0.25, 0.3) is 5.69 Å². The van der Waals surface area contributed by atoms with Crippen LogP contribution < -0.4 is 4.74 Å². The highest BCUT2D eigenvalue weighted by Crippen LogP contribution is 2.36. The van der Waals surface area contributed by atoms with E-state index in [-0.39, 0.29) is 18.0 Å². The van der Waals surface area contributed by atoms with Gasteiger partial charge in [0, 0.05) is 35.3 Å². The summed E-state index contributed by atoms with van der Waals surface area (Å²) in [6, 6.07) is 11.0. The number of allylic oxidation sites excluding steroid dienone is 1. The maximum atomic E-state index is 13.8. The fourth-order valence-electron chi connectivity index (χ4n) is 3.01. The van der Waals surface area contributed by atoms with Crippen LogP contribution in [0.3, 0.4) is 0 Å². The van der Waals surface area contributed by atoms with Crippen LogP contribution in [0.5, 0.6) is 5.75 Å². The van der Waals surface area contributed by atoms with E-state index in [4.69, 9.17) is 4.74 Å². The Morgan fingerprint density at radius 1 is 1.19 bits per heavy atom. The Kier molecular flexibility index (Phi) is 5.89. The Morgan fingerprint density at radius 2 is 2.03 bits per heavy atom. The van der Waals surface area contributed by atoms with Gasteiger partial charge in [-0.25, -0.2) is 4.39 Å². The zero-order valence-corrected chi connectivity index (χ0v) is 17.0. The second-order valence-corrected chi connectivity index (χ2v) is 7.39. The average Bonchev–Trinajstić information content (AvgIpc) is 3.15. The van der Waals surface area contributed by atoms with Crippen molar-refractivity contribution in [2.45, 2.75) is 23.2 Å². The summed E-state index contributed by atoms with van der Waals surface area (Å²) in [5.41, 5.74) is -0.0148. The van der Waals surface area contributed by atoms with Gasteiger partial charge in [-0.05, 0) is 36.0 Å². The molecule has 0 aliphatic heterocycles. The molecule has 2 heterocycles. The first-order valence-corrected chi connectivity index (χ1v) is 9.99. The van der Waals surface area contributed by atoms with Gasteiger partial charge in [0.2, 0.25) is 0 Å². The highest BCUT2D eigenvalue weighted by atomic mass is 32.2. The number of ether oxygens (including phenoxy) is 1. The Bertz CT molecular complexity index is 1280. The smallest absolute Gasteiger partial charge is 0.278 e. The van der Waals surface area contributed by atoms with Crippen LogP contribution in [0.2, 0.25) is 0 Å². The third kappa shape index (κ3) is 4.24. The second kappa shape index (κ2) is 8.92. The van der Waals surface area contributed by atoms with Crippen LogP contribution in [-0.4, -0.2) is 24.7 Å². The molecule has 0 bridgehead atoms. The van der Waals surface area contributed by atoms with E-state index >= 15 is 0 Å². The predicted molar refractivity (Wildman–Crippen MR) is 113 cm³/mol. The number of pyridine rings is 1. The van der Waals surface area contributed by atoms with Crippen LogP contribution in [0, 0.1) is 15.9 Å². The number of benzene rings is 2. The molecule has 8 nitrogen and oxygen atoms in total. The first-order chi connectivity index (χ1) is 15.1. The zero-order valence-electron chi connectivity index (χ0n) is 16.1. The van der Waals surface area contributed by atoms with Crippen molar-refractivity contribution in [1.82, 2.24) is 19.7 Å². The first kappa shape index (κ1) is 20.5. The van der Waals surface area contributed by atoms with E-state index in [9.17, 15) is 14.5 Å². The molecular formula is C21H16FN5O3S. The largest absolute Gasteiger partial charge is 0.483 e. The predicted octanol–water partition coefficient (Wildman–Crippen LogP) is 4.79. The van der Waals surface area contributed by atoms with E-state index in [0.717, 1.165) is 4.90 Å². The van der Waals surface area contributed by atoms with Crippen LogP contribution in [0.15, 0.2) is 77.6 Å². The lowest BCUT2D eigenvalue weighted by atomic mass is 10.1. The Balaban J connectivity index is 1.65. The molecule has 0 unspecified atom stereocenters. The molecule has 156 valence electrons. The number of non-ortho nitro benzene ring substituents is 1. The minimum absolute atomic E-state index is 0.0148. The number of aromatic nitrogens is 4. The third-order valence-corrected chi connectivity index (χ3v) is 5.51. The summed E-state index contributed by atoms with van der Waals surface area (Å²) in [5, 5.41) is 21.4. The molecule has 2 aromatic carbocycles. The summed E-state index contributed by atoms with van der Waals surface area (Å²) >= 11 is 1.31. The lowest BCUT2D eigenvalue weighted by Crippen LogP contribution is -2.08. The monoisotopic (exact) mass is 437 g/mol. The standard InChI is InChI=1S/C21H16FN5O3S/c1-2-11-26-20(13-30-18-6-4-3-5-16(18)22)24-25-21(26)31-19-8-7-17(27(28)29)15-12-23-10-9-14(15)19/h2-10,12H,1,11,13H2. The molecule has 0 fully saturated rings. The highest BCUT2D eigenvalue weighted by Gasteiger charge is 2.18. The molecule has 0 aliphatic carbocycles. The van der Waals surface area contributed by atoms with Gasteiger partial charge in [-0.2, -0.15) is 0 Å². The average molecular weight is 437 g/mol. The molecule has 10 heteroatoms. The summed E-state index contributed by atoms with van der Waals surface area (Å²) < 4.78 is 21.2. The molecule has 31 heavy (non-hydrogen) atoms. The summed E-state index contributed by atoms with van der Waals surface area (Å²) in [6.07, 6.45) is 4.75. The molecule has 0 radical (unpaired) electrons. The van der Waals surface area contributed by atoms with Gasteiger partial charge < -0.3 is 4.74 Å². The normalized spacial score (nSPS) is 10.9. The van der Waals surface area contributed by atoms with Gasteiger partial charge >= 0.3 is 0 Å². The van der Waals surface area contributed by atoms with Gasteiger partial charge in [0.05, 0.1) is 10.3 Å². The Morgan fingerprint density at radius 3 is 2.81 bits per heavy atom. The van der Waals surface area contributed by atoms with Crippen molar-refractivity contribution >= 4 is 28.2 Å². The molecule has 0 aliphatic rings. The SMILES string of the molecule is C=CCn1c(COc2ccccc2F)nnc1Sc1ccc([N+](=O)[O-])c2cnccc12. The third-order valence-electron chi connectivity index (χ3n) is 4.45. The second-order valence-electron chi connectivity index (χ2n) is 6.38. The fraction of sp³-hybridized carbons (Fsp3) is 0.0952. The number of hydrogen-bond acceptors (Lipinski definition) is 7. The lowest BCUT2D eigenvalue weighted by Gasteiger charge is -2.10. The Labute approximate surface area is 180 Å². The molecule has 0 saturated carbocycles. The van der Waals surface area contributed by atoms with Crippen LogP contribution >= 0.6 is 11.8 Å². The van der Waals surface area contributed by atoms with Crippen molar-refractivity contribution in [3.8, 4) is 5.75 Å². The topological polar surface area (TPSA) is 96.0 Å². The van der Waals surface area contributed by atoms with Crippen molar-refractivity contribution in [3.63, 3.8) is 0 Å². The van der Waals surface area contributed by atoms with E-state index in [1.54, 1.807) is 41.1 Å². The summed E-state index contributed by atoms with van der Waals surface area (Å²) in [7, 11) is 0. The summed E-state index contributed by atoms with van der Waals surface area (Å²) in [5.74, 6) is 0.162. The number of rotatable bonds is 8. The first-order valence-electron chi connectivity index (χ1n) is 9.17. The van der Waals surface area contributed by atoms with Crippen molar-refractivity contribution in [2.24, 2.45) is 0 Å². The highest BCUT2D eigenvalue weighted by molar-refractivity contribution is 7.99. The van der Waals surface area contributed by atoms with Crippen LogP contribution in [-0.2, 0) is 13.2 Å². The molecular weight excluding hydrogens is 421 g/mol. The minimum atomic E-state index is -0.460. The molecule has 0 atom stereocenters. The molecule has 0 N–H and O–H groups in total. The number of halogens is 1. The van der Waals surface area contributed by atoms with Gasteiger partial charge in [0.1, 0.15) is 6.61 Å². The lowest BCUT2D eigenvalue weighted by molar-refractivity contribution is -0.383. The van der Waals surface area contributed by atoms with Crippen LogP contribution in [0.1, 0.15) is 5.82 Å².